The van der Waals surface area contributed by atoms with E-state index in [9.17, 15) is 19.5 Å². The number of amides is 3. The Morgan fingerprint density at radius 3 is 2.44 bits per heavy atom. The van der Waals surface area contributed by atoms with Crippen LogP contribution in [0, 0.1) is 12.8 Å². The minimum Gasteiger partial charge on any atom is -0.480 e. The van der Waals surface area contributed by atoms with Crippen LogP contribution >= 0.6 is 0 Å². The third-order valence-corrected chi connectivity index (χ3v) is 5.18. The number of benzene rings is 1. The van der Waals surface area contributed by atoms with Gasteiger partial charge >= 0.3 is 12.0 Å². The lowest BCUT2D eigenvalue weighted by atomic mass is 10.0. The van der Waals surface area contributed by atoms with Crippen molar-refractivity contribution in [2.24, 2.45) is 22.4 Å². The molecule has 0 aliphatic carbocycles. The van der Waals surface area contributed by atoms with Gasteiger partial charge in [-0.3, -0.25) is 9.79 Å². The van der Waals surface area contributed by atoms with Gasteiger partial charge in [-0.1, -0.05) is 44.2 Å². The minimum atomic E-state index is -1.19. The highest BCUT2D eigenvalue weighted by Gasteiger charge is 2.27. The van der Waals surface area contributed by atoms with Gasteiger partial charge < -0.3 is 36.9 Å². The maximum absolute atomic E-state index is 12.8. The number of urea groups is 1. The molecular weight excluding hydrogens is 466 g/mol. The summed E-state index contributed by atoms with van der Waals surface area (Å²) < 4.78 is 5.72. The number of oxazole rings is 1. The molecule has 196 valence electrons. The number of carbonyl (C=O) groups is 3. The van der Waals surface area contributed by atoms with Crippen molar-refractivity contribution in [1.82, 2.24) is 20.9 Å². The highest BCUT2D eigenvalue weighted by molar-refractivity contribution is 5.95. The monoisotopic (exact) mass is 501 g/mol. The van der Waals surface area contributed by atoms with Crippen LogP contribution in [0.3, 0.4) is 0 Å². The molecule has 12 heteroatoms. The quantitative estimate of drug-likeness (QED) is 0.136. The van der Waals surface area contributed by atoms with Crippen LogP contribution in [0.1, 0.15) is 66.9 Å². The van der Waals surface area contributed by atoms with Crippen molar-refractivity contribution in [3.05, 3.63) is 53.2 Å². The second-order valence-corrected chi connectivity index (χ2v) is 8.76. The molecule has 12 nitrogen and oxygen atoms in total. The largest absolute Gasteiger partial charge is 0.480 e. The minimum absolute atomic E-state index is 0.0410. The van der Waals surface area contributed by atoms with Crippen LogP contribution in [0.5, 0.6) is 0 Å². The number of aryl methyl sites for hydroxylation is 1. The lowest BCUT2D eigenvalue weighted by Crippen LogP contribution is -2.41. The number of hydrogen-bond acceptors (Lipinski definition) is 6. The van der Waals surface area contributed by atoms with Crippen molar-refractivity contribution in [2.45, 2.75) is 58.7 Å². The molecule has 0 saturated carbocycles. The first kappa shape index (κ1) is 28.1. The number of carbonyl (C=O) groups excluding carboxylic acids is 2. The fourth-order valence-corrected chi connectivity index (χ4v) is 3.44. The molecule has 0 saturated heterocycles. The number of nitrogens with one attached hydrogen (secondary N) is 3. The highest BCUT2D eigenvalue weighted by atomic mass is 16.4. The molecule has 1 heterocycles. The van der Waals surface area contributed by atoms with E-state index in [-0.39, 0.29) is 42.2 Å². The number of aliphatic carboxylic acids is 1. The fraction of sp³-hybridized carbons (Fsp3) is 0.458. The van der Waals surface area contributed by atoms with E-state index in [1.165, 1.54) is 0 Å². The molecule has 1 aromatic heterocycles. The molecule has 1 aromatic carbocycles. The van der Waals surface area contributed by atoms with Crippen molar-refractivity contribution in [1.29, 1.82) is 0 Å². The molecule has 0 spiro atoms. The van der Waals surface area contributed by atoms with Gasteiger partial charge in [0.05, 0.1) is 0 Å². The summed E-state index contributed by atoms with van der Waals surface area (Å²) in [6.07, 6.45) is 1.000. The first-order chi connectivity index (χ1) is 17.1. The van der Waals surface area contributed by atoms with E-state index < -0.39 is 30.0 Å². The van der Waals surface area contributed by atoms with Crippen molar-refractivity contribution in [3.8, 4) is 0 Å². The predicted octanol–water partition coefficient (Wildman–Crippen LogP) is 1.81. The van der Waals surface area contributed by atoms with E-state index in [1.54, 1.807) is 6.92 Å². The lowest BCUT2D eigenvalue weighted by Gasteiger charge is -2.18. The lowest BCUT2D eigenvalue weighted by molar-refractivity contribution is -0.139. The summed E-state index contributed by atoms with van der Waals surface area (Å²) in [4.78, 5) is 45.0. The fourth-order valence-electron chi connectivity index (χ4n) is 3.44. The maximum Gasteiger partial charge on any atom is 0.326 e. The van der Waals surface area contributed by atoms with Gasteiger partial charge in [0, 0.05) is 13.1 Å². The smallest absolute Gasteiger partial charge is 0.326 e. The Labute approximate surface area is 209 Å². The second kappa shape index (κ2) is 13.7. The molecule has 2 aromatic rings. The van der Waals surface area contributed by atoms with Gasteiger partial charge in [-0.2, -0.15) is 0 Å². The molecule has 0 aliphatic rings. The zero-order valence-corrected chi connectivity index (χ0v) is 20.8. The number of carboxylic acids is 1. The van der Waals surface area contributed by atoms with Crippen molar-refractivity contribution in [2.75, 3.05) is 6.54 Å². The molecule has 36 heavy (non-hydrogen) atoms. The van der Waals surface area contributed by atoms with Gasteiger partial charge in [0.25, 0.3) is 5.91 Å². The highest BCUT2D eigenvalue weighted by Crippen LogP contribution is 2.23. The number of aromatic nitrogens is 1. The van der Waals surface area contributed by atoms with Crippen molar-refractivity contribution in [3.63, 3.8) is 0 Å². The van der Waals surface area contributed by atoms with E-state index in [0.29, 0.717) is 19.4 Å². The van der Waals surface area contributed by atoms with Crippen molar-refractivity contribution < 1.29 is 23.9 Å². The zero-order valence-electron chi connectivity index (χ0n) is 20.8. The molecule has 2 unspecified atom stereocenters. The first-order valence-corrected chi connectivity index (χ1v) is 11.7. The molecular formula is C24H35N7O5. The first-order valence-electron chi connectivity index (χ1n) is 11.7. The van der Waals surface area contributed by atoms with Gasteiger partial charge in [0.1, 0.15) is 17.8 Å². The zero-order chi connectivity index (χ0) is 26.7. The van der Waals surface area contributed by atoms with Crippen LogP contribution in [-0.2, 0) is 11.3 Å². The Morgan fingerprint density at radius 2 is 1.83 bits per heavy atom. The summed E-state index contributed by atoms with van der Waals surface area (Å²) in [6.45, 7) is 6.12. The molecule has 0 radical (unpaired) electrons. The number of nitrogens with zero attached hydrogens (tertiary/aromatic N) is 2. The molecule has 0 fully saturated rings. The number of nitrogens with two attached hydrogens (primary N) is 2. The number of rotatable bonds is 13. The third kappa shape index (κ3) is 9.28. The molecule has 8 N–H and O–H groups in total. The standard InChI is InChI=1S/C24H35N7O5/c1-14(2)12-18(30-24(35)28-13-16-8-5-4-6-9-16)21-31-19(15(3)36-21)20(32)29-17(22(33)34)10-7-11-27-23(25)26/h4-6,8-9,14,17-18H,7,10-13H2,1-3H3,(H,29,32)(H,33,34)(H4,25,26,27)(H2,28,30,35). The van der Waals surface area contributed by atoms with E-state index in [4.69, 9.17) is 15.9 Å². The summed E-state index contributed by atoms with van der Waals surface area (Å²) in [5.74, 6) is -1.39. The predicted molar refractivity (Wildman–Crippen MR) is 134 cm³/mol. The number of guanidine groups is 1. The van der Waals surface area contributed by atoms with Crippen LogP contribution in [0.2, 0.25) is 0 Å². The summed E-state index contributed by atoms with van der Waals surface area (Å²) in [5, 5.41) is 17.6. The third-order valence-electron chi connectivity index (χ3n) is 5.18. The Morgan fingerprint density at radius 1 is 1.14 bits per heavy atom. The molecule has 0 aliphatic heterocycles. The Bertz CT molecular complexity index is 1050. The van der Waals surface area contributed by atoms with Crippen LogP contribution < -0.4 is 27.4 Å². The average Bonchev–Trinajstić information content (AvgIpc) is 3.21. The SMILES string of the molecule is Cc1oc(C(CC(C)C)NC(=O)NCc2ccccc2)nc1C(=O)NC(CCCN=C(N)N)C(=O)O. The molecule has 3 amide bonds. The van der Waals surface area contributed by atoms with E-state index in [1.807, 2.05) is 44.2 Å². The van der Waals surface area contributed by atoms with Gasteiger partial charge in [-0.05, 0) is 37.7 Å². The summed E-state index contributed by atoms with van der Waals surface area (Å²) in [7, 11) is 0. The van der Waals surface area contributed by atoms with Gasteiger partial charge in [0.15, 0.2) is 11.7 Å². The topological polar surface area (TPSA) is 198 Å². The van der Waals surface area contributed by atoms with Crippen molar-refractivity contribution >= 4 is 23.9 Å². The maximum atomic E-state index is 12.8. The number of aliphatic imine (C=N–C) groups is 1. The van der Waals surface area contributed by atoms with Gasteiger partial charge in [0.2, 0.25) is 5.89 Å². The Hall–Kier alpha value is -4.09. The van der Waals surface area contributed by atoms with E-state index in [0.717, 1.165) is 5.56 Å². The second-order valence-electron chi connectivity index (χ2n) is 8.76. The molecule has 0 bridgehead atoms. The van der Waals surface area contributed by atoms with E-state index in [2.05, 4.69) is 25.9 Å². The number of hydrogen-bond donors (Lipinski definition) is 6. The van der Waals surface area contributed by atoms with Gasteiger partial charge in [-0.15, -0.1) is 0 Å². The summed E-state index contributed by atoms with van der Waals surface area (Å²) in [6, 6.07) is 7.33. The molecule has 2 atom stereocenters. The van der Waals surface area contributed by atoms with Crippen LogP contribution in [0.4, 0.5) is 4.79 Å². The normalized spacial score (nSPS) is 12.4. The van der Waals surface area contributed by atoms with E-state index >= 15 is 0 Å². The summed E-state index contributed by atoms with van der Waals surface area (Å²) in [5.41, 5.74) is 11.4. The molecule has 2 rings (SSSR count). The van der Waals surface area contributed by atoms with Crippen LogP contribution in [-0.4, -0.2) is 46.5 Å². The Balaban J connectivity index is 2.07. The van der Waals surface area contributed by atoms with Crippen LogP contribution in [0.15, 0.2) is 39.7 Å². The summed E-state index contributed by atoms with van der Waals surface area (Å²) >= 11 is 0. The number of carboxylic acid groups (broad SMARTS) is 1. The Kier molecular flexibility index (Phi) is 10.7. The van der Waals surface area contributed by atoms with Gasteiger partial charge in [-0.25, -0.2) is 14.6 Å². The average molecular weight is 502 g/mol. The van der Waals surface area contributed by atoms with Crippen LogP contribution in [0.25, 0.3) is 0 Å².